The quantitative estimate of drug-likeness (QED) is 0.898. The SMILES string of the molecule is Cn1cc([C@H]2OCC[C@@H]2NC(=O)NC2CCCc3sccc32)cn1. The van der Waals surface area contributed by atoms with Crippen LogP contribution in [0.1, 0.15) is 47.4 Å². The summed E-state index contributed by atoms with van der Waals surface area (Å²) in [5.74, 6) is 0. The number of rotatable bonds is 3. The molecule has 0 bridgehead atoms. The Kier molecular flexibility index (Phi) is 4.28. The van der Waals surface area contributed by atoms with E-state index < -0.39 is 0 Å². The van der Waals surface area contributed by atoms with Crippen molar-refractivity contribution in [3.8, 4) is 0 Å². The highest BCUT2D eigenvalue weighted by atomic mass is 32.1. The maximum Gasteiger partial charge on any atom is 0.315 e. The minimum absolute atomic E-state index is 0.0141. The highest BCUT2D eigenvalue weighted by Crippen LogP contribution is 2.33. The first-order valence-electron chi connectivity index (χ1n) is 8.44. The van der Waals surface area contributed by atoms with Crippen LogP contribution in [-0.4, -0.2) is 28.5 Å². The Morgan fingerprint density at radius 3 is 3.17 bits per heavy atom. The van der Waals surface area contributed by atoms with E-state index in [1.54, 1.807) is 22.2 Å². The lowest BCUT2D eigenvalue weighted by Crippen LogP contribution is -2.45. The van der Waals surface area contributed by atoms with E-state index in [0.29, 0.717) is 6.61 Å². The first-order chi connectivity index (χ1) is 11.7. The number of nitrogens with zero attached hydrogens (tertiary/aromatic N) is 2. The Morgan fingerprint density at radius 1 is 1.42 bits per heavy atom. The molecule has 1 saturated heterocycles. The van der Waals surface area contributed by atoms with Gasteiger partial charge in [-0.1, -0.05) is 0 Å². The summed E-state index contributed by atoms with van der Waals surface area (Å²) in [6.07, 6.45) is 7.72. The summed E-state index contributed by atoms with van der Waals surface area (Å²) in [5.41, 5.74) is 2.30. The normalized spacial score (nSPS) is 26.1. The lowest BCUT2D eigenvalue weighted by molar-refractivity contribution is 0.0997. The van der Waals surface area contributed by atoms with Crippen LogP contribution in [0.25, 0.3) is 0 Å². The van der Waals surface area contributed by atoms with E-state index in [1.807, 2.05) is 13.2 Å². The summed E-state index contributed by atoms with van der Waals surface area (Å²) >= 11 is 1.79. The molecule has 24 heavy (non-hydrogen) atoms. The van der Waals surface area contributed by atoms with Gasteiger partial charge in [0.1, 0.15) is 6.10 Å². The van der Waals surface area contributed by atoms with E-state index >= 15 is 0 Å². The van der Waals surface area contributed by atoms with E-state index in [0.717, 1.165) is 31.2 Å². The molecule has 2 aromatic heterocycles. The molecule has 0 spiro atoms. The molecule has 4 rings (SSSR count). The Balaban J connectivity index is 1.39. The number of aryl methyl sites for hydroxylation is 2. The van der Waals surface area contributed by atoms with Crippen molar-refractivity contribution in [3.05, 3.63) is 39.8 Å². The Bertz CT molecular complexity index is 726. The van der Waals surface area contributed by atoms with Gasteiger partial charge in [0.15, 0.2) is 0 Å². The second-order valence-electron chi connectivity index (χ2n) is 6.50. The lowest BCUT2D eigenvalue weighted by Gasteiger charge is -2.25. The number of hydrogen-bond donors (Lipinski definition) is 2. The van der Waals surface area contributed by atoms with Crippen LogP contribution < -0.4 is 10.6 Å². The van der Waals surface area contributed by atoms with Crippen molar-refractivity contribution in [1.29, 1.82) is 0 Å². The number of nitrogens with one attached hydrogen (secondary N) is 2. The van der Waals surface area contributed by atoms with Gasteiger partial charge in [0, 0.05) is 30.3 Å². The zero-order chi connectivity index (χ0) is 16.5. The summed E-state index contributed by atoms with van der Waals surface area (Å²) < 4.78 is 7.56. The fourth-order valence-electron chi connectivity index (χ4n) is 3.66. The van der Waals surface area contributed by atoms with Crippen LogP contribution in [0.2, 0.25) is 0 Å². The molecule has 3 atom stereocenters. The van der Waals surface area contributed by atoms with Crippen LogP contribution >= 0.6 is 11.3 Å². The molecule has 0 saturated carbocycles. The van der Waals surface area contributed by atoms with Crippen molar-refractivity contribution in [3.63, 3.8) is 0 Å². The van der Waals surface area contributed by atoms with Crippen LogP contribution in [0.5, 0.6) is 0 Å². The molecule has 2 aromatic rings. The predicted molar refractivity (Wildman–Crippen MR) is 92.0 cm³/mol. The third-order valence-corrected chi connectivity index (χ3v) is 5.82. The molecule has 6 nitrogen and oxygen atoms in total. The maximum atomic E-state index is 12.5. The first-order valence-corrected chi connectivity index (χ1v) is 9.32. The number of urea groups is 1. The topological polar surface area (TPSA) is 68.2 Å². The highest BCUT2D eigenvalue weighted by molar-refractivity contribution is 7.10. The second kappa shape index (κ2) is 6.57. The van der Waals surface area contributed by atoms with Crippen molar-refractivity contribution < 1.29 is 9.53 Å². The molecule has 2 N–H and O–H groups in total. The lowest BCUT2D eigenvalue weighted by atomic mass is 9.94. The standard InChI is InChI=1S/C17H22N4O2S/c1-21-10-11(9-18-21)16-14(5-7-23-16)20-17(22)19-13-3-2-4-15-12(13)6-8-24-15/h6,8-10,13-14,16H,2-5,7H2,1H3,(H2,19,20,22)/t13?,14-,16+/m0/s1. The molecule has 128 valence electrons. The van der Waals surface area contributed by atoms with Crippen LogP contribution in [0.15, 0.2) is 23.8 Å². The molecular formula is C17H22N4O2S. The molecule has 1 fully saturated rings. The van der Waals surface area contributed by atoms with Crippen LogP contribution in [-0.2, 0) is 18.2 Å². The molecule has 2 amide bonds. The van der Waals surface area contributed by atoms with Crippen LogP contribution in [0.3, 0.4) is 0 Å². The summed E-state index contributed by atoms with van der Waals surface area (Å²) in [6.45, 7) is 0.655. The Morgan fingerprint density at radius 2 is 2.33 bits per heavy atom. The van der Waals surface area contributed by atoms with Gasteiger partial charge in [0.05, 0.1) is 18.3 Å². The van der Waals surface area contributed by atoms with Gasteiger partial charge >= 0.3 is 6.03 Å². The molecular weight excluding hydrogens is 324 g/mol. The van der Waals surface area contributed by atoms with Gasteiger partial charge in [0.25, 0.3) is 0 Å². The van der Waals surface area contributed by atoms with Gasteiger partial charge in [-0.25, -0.2) is 4.79 Å². The average molecular weight is 346 g/mol. The van der Waals surface area contributed by atoms with Crippen LogP contribution in [0, 0.1) is 0 Å². The zero-order valence-electron chi connectivity index (χ0n) is 13.7. The minimum Gasteiger partial charge on any atom is -0.371 e. The summed E-state index contributed by atoms with van der Waals surface area (Å²) in [7, 11) is 1.88. The van der Waals surface area contributed by atoms with Crippen molar-refractivity contribution in [2.24, 2.45) is 7.05 Å². The van der Waals surface area contributed by atoms with Crippen molar-refractivity contribution in [2.45, 2.75) is 43.9 Å². The molecule has 7 heteroatoms. The fraction of sp³-hybridized carbons (Fsp3) is 0.529. The zero-order valence-corrected chi connectivity index (χ0v) is 14.5. The first kappa shape index (κ1) is 15.7. The van der Waals surface area contributed by atoms with Gasteiger partial charge < -0.3 is 15.4 Å². The summed E-state index contributed by atoms with van der Waals surface area (Å²) in [5, 5.41) is 12.6. The number of carbonyl (C=O) groups is 1. The predicted octanol–water partition coefficient (Wildman–Crippen LogP) is 2.69. The third-order valence-electron chi connectivity index (χ3n) is 4.82. The number of carbonyl (C=O) groups excluding carboxylic acids is 1. The van der Waals surface area contributed by atoms with E-state index in [9.17, 15) is 4.79 Å². The molecule has 1 unspecified atom stereocenters. The molecule has 0 radical (unpaired) electrons. The molecule has 1 aliphatic heterocycles. The number of hydrogen-bond acceptors (Lipinski definition) is 4. The monoisotopic (exact) mass is 346 g/mol. The fourth-order valence-corrected chi connectivity index (χ4v) is 4.65. The minimum atomic E-state index is -0.118. The second-order valence-corrected chi connectivity index (χ2v) is 7.50. The third kappa shape index (κ3) is 3.06. The maximum absolute atomic E-state index is 12.5. The van der Waals surface area contributed by atoms with E-state index in [2.05, 4.69) is 27.2 Å². The molecule has 1 aliphatic carbocycles. The Hall–Kier alpha value is -1.86. The molecule has 2 aliphatic rings. The van der Waals surface area contributed by atoms with Gasteiger partial charge in [-0.3, -0.25) is 4.68 Å². The van der Waals surface area contributed by atoms with Crippen molar-refractivity contribution in [2.75, 3.05) is 6.61 Å². The van der Waals surface area contributed by atoms with E-state index in [1.165, 1.54) is 10.4 Å². The van der Waals surface area contributed by atoms with E-state index in [-0.39, 0.29) is 24.2 Å². The largest absolute Gasteiger partial charge is 0.371 e. The van der Waals surface area contributed by atoms with Crippen LogP contribution in [0.4, 0.5) is 4.79 Å². The summed E-state index contributed by atoms with van der Waals surface area (Å²) in [4.78, 5) is 13.9. The van der Waals surface area contributed by atoms with Gasteiger partial charge in [-0.15, -0.1) is 11.3 Å². The number of ether oxygens (including phenoxy) is 1. The number of amides is 2. The van der Waals surface area contributed by atoms with E-state index in [4.69, 9.17) is 4.74 Å². The average Bonchev–Trinajstić information content (AvgIpc) is 3.27. The number of fused-ring (bicyclic) bond motifs is 1. The number of thiophene rings is 1. The molecule has 3 heterocycles. The van der Waals surface area contributed by atoms with Gasteiger partial charge in [0.2, 0.25) is 0 Å². The smallest absolute Gasteiger partial charge is 0.315 e. The van der Waals surface area contributed by atoms with Gasteiger partial charge in [-0.2, -0.15) is 5.10 Å². The highest BCUT2D eigenvalue weighted by Gasteiger charge is 2.32. The van der Waals surface area contributed by atoms with Crippen molar-refractivity contribution >= 4 is 17.4 Å². The van der Waals surface area contributed by atoms with Gasteiger partial charge in [-0.05, 0) is 42.7 Å². The summed E-state index contributed by atoms with van der Waals surface area (Å²) in [6, 6.07) is 2.14. The Labute approximate surface area is 145 Å². The molecule has 0 aromatic carbocycles. The van der Waals surface area contributed by atoms with Crippen molar-refractivity contribution in [1.82, 2.24) is 20.4 Å². The number of aromatic nitrogens is 2.